The Hall–Kier alpha value is 0.354. The third-order valence-corrected chi connectivity index (χ3v) is 16.2. The molecule has 0 aliphatic rings. The Bertz CT molecular complexity index is 354. The van der Waals surface area contributed by atoms with E-state index in [9.17, 15) is 0 Å². The van der Waals surface area contributed by atoms with Crippen molar-refractivity contribution < 1.29 is 8.85 Å². The van der Waals surface area contributed by atoms with Crippen LogP contribution < -0.4 is 0 Å². The van der Waals surface area contributed by atoms with E-state index in [0.717, 1.165) is 13.2 Å². The van der Waals surface area contributed by atoms with Crippen LogP contribution in [0.1, 0.15) is 106 Å². The van der Waals surface area contributed by atoms with Crippen LogP contribution in [-0.4, -0.2) is 29.8 Å². The predicted octanol–water partition coefficient (Wildman–Crippen LogP) is 8.93. The molecule has 0 radical (unpaired) electrons. The quantitative estimate of drug-likeness (QED) is 0.191. The maximum Gasteiger partial charge on any atom is 0.191 e. The second kappa shape index (κ2) is 12.9. The molecule has 2 nitrogen and oxygen atoms in total. The average molecular weight is 431 g/mol. The summed E-state index contributed by atoms with van der Waals surface area (Å²) >= 11 is 0. The van der Waals surface area contributed by atoms with Crippen molar-refractivity contribution in [2.24, 2.45) is 0 Å². The van der Waals surface area contributed by atoms with Crippen LogP contribution in [0.4, 0.5) is 0 Å². The summed E-state index contributed by atoms with van der Waals surface area (Å²) in [5.41, 5.74) is 0. The molecule has 0 saturated heterocycles. The van der Waals surface area contributed by atoms with Crippen LogP contribution >= 0.6 is 0 Å². The molecule has 0 unspecified atom stereocenters. The molecule has 0 aliphatic heterocycles. The molecular formula is C24H54O2Si2. The summed E-state index contributed by atoms with van der Waals surface area (Å²) < 4.78 is 12.5. The summed E-state index contributed by atoms with van der Waals surface area (Å²) in [5, 5.41) is 0.674. The molecule has 0 saturated carbocycles. The van der Waals surface area contributed by atoms with Gasteiger partial charge < -0.3 is 8.85 Å². The first kappa shape index (κ1) is 28.4. The summed E-state index contributed by atoms with van der Waals surface area (Å²) in [6, 6.07) is 0. The zero-order valence-electron chi connectivity index (χ0n) is 21.3. The van der Waals surface area contributed by atoms with Gasteiger partial charge in [0.25, 0.3) is 0 Å². The van der Waals surface area contributed by atoms with Crippen molar-refractivity contribution >= 4 is 16.6 Å². The molecule has 0 aliphatic carbocycles. The molecule has 0 rings (SSSR count). The van der Waals surface area contributed by atoms with Gasteiger partial charge >= 0.3 is 0 Å². The number of rotatable bonds is 15. The van der Waals surface area contributed by atoms with Gasteiger partial charge in [-0.25, -0.2) is 0 Å². The maximum atomic E-state index is 6.26. The van der Waals surface area contributed by atoms with Gasteiger partial charge in [-0.2, -0.15) is 0 Å². The first-order valence-corrected chi connectivity index (χ1v) is 17.8. The van der Waals surface area contributed by atoms with Crippen LogP contribution in [0, 0.1) is 0 Å². The van der Waals surface area contributed by atoms with Crippen molar-refractivity contribution in [3.8, 4) is 0 Å². The van der Waals surface area contributed by atoms with Gasteiger partial charge in [0.1, 0.15) is 0 Å². The Morgan fingerprint density at radius 1 is 0.429 bits per heavy atom. The van der Waals surface area contributed by atoms with Crippen molar-refractivity contribution in [3.05, 3.63) is 0 Å². The molecule has 0 spiro atoms. The van der Waals surface area contributed by atoms with E-state index in [1.54, 1.807) is 0 Å². The van der Waals surface area contributed by atoms with E-state index in [1.165, 1.54) is 64.2 Å². The molecule has 0 aromatic carbocycles. The summed E-state index contributed by atoms with van der Waals surface area (Å²) in [6.07, 6.45) is 13.5. The summed E-state index contributed by atoms with van der Waals surface area (Å²) in [6.45, 7) is 25.3. The first-order chi connectivity index (χ1) is 12.7. The molecule has 4 heteroatoms. The van der Waals surface area contributed by atoms with E-state index in [0.29, 0.717) is 10.1 Å². The second-order valence-electron chi connectivity index (χ2n) is 11.8. The summed E-state index contributed by atoms with van der Waals surface area (Å²) in [7, 11) is -3.06. The van der Waals surface area contributed by atoms with Crippen LogP contribution in [0.3, 0.4) is 0 Å². The lowest BCUT2D eigenvalue weighted by molar-refractivity contribution is 0.276. The van der Waals surface area contributed by atoms with Crippen molar-refractivity contribution in [3.63, 3.8) is 0 Å². The summed E-state index contributed by atoms with van der Waals surface area (Å²) in [4.78, 5) is 0. The minimum absolute atomic E-state index is 0.337. The van der Waals surface area contributed by atoms with Gasteiger partial charge in [-0.1, -0.05) is 92.9 Å². The van der Waals surface area contributed by atoms with Gasteiger partial charge in [0, 0.05) is 13.2 Å². The van der Waals surface area contributed by atoms with Gasteiger partial charge in [0.05, 0.1) is 0 Å². The standard InChI is InChI=1S/C24H54O2Si2/c1-23(2,3)27(7,8)25-21-19-17-15-13-11-12-14-16-18-20-22-26-28(9,10)24(4,5)6/h11-22H2,1-10H3. The van der Waals surface area contributed by atoms with E-state index >= 15 is 0 Å². The van der Waals surface area contributed by atoms with Crippen LogP contribution in [0.15, 0.2) is 0 Å². The zero-order valence-corrected chi connectivity index (χ0v) is 23.3. The predicted molar refractivity (Wildman–Crippen MR) is 132 cm³/mol. The van der Waals surface area contributed by atoms with Crippen LogP contribution in [0.2, 0.25) is 36.3 Å². The van der Waals surface area contributed by atoms with Crippen molar-refractivity contribution in [1.29, 1.82) is 0 Å². The van der Waals surface area contributed by atoms with E-state index in [4.69, 9.17) is 8.85 Å². The molecule has 0 atom stereocenters. The van der Waals surface area contributed by atoms with Gasteiger partial charge in [-0.15, -0.1) is 0 Å². The third kappa shape index (κ3) is 12.1. The van der Waals surface area contributed by atoms with E-state index in [-0.39, 0.29) is 0 Å². The molecular weight excluding hydrogens is 376 g/mol. The van der Waals surface area contributed by atoms with Crippen LogP contribution in [0.5, 0.6) is 0 Å². The third-order valence-electron chi connectivity index (χ3n) is 7.08. The monoisotopic (exact) mass is 430 g/mol. The van der Waals surface area contributed by atoms with Gasteiger partial charge in [0.2, 0.25) is 0 Å². The normalized spacial score (nSPS) is 13.9. The largest absolute Gasteiger partial charge is 0.417 e. The minimum Gasteiger partial charge on any atom is -0.417 e. The number of hydrogen-bond acceptors (Lipinski definition) is 2. The van der Waals surface area contributed by atoms with Crippen LogP contribution in [0.25, 0.3) is 0 Å². The summed E-state index contributed by atoms with van der Waals surface area (Å²) in [5.74, 6) is 0. The lowest BCUT2D eigenvalue weighted by Crippen LogP contribution is -2.40. The fraction of sp³-hybridized carbons (Fsp3) is 1.00. The highest BCUT2D eigenvalue weighted by atomic mass is 28.4. The van der Waals surface area contributed by atoms with Crippen molar-refractivity contribution in [1.82, 2.24) is 0 Å². The Balaban J connectivity index is 3.44. The lowest BCUT2D eigenvalue weighted by Gasteiger charge is -2.36. The highest BCUT2D eigenvalue weighted by Gasteiger charge is 2.37. The van der Waals surface area contributed by atoms with Crippen LogP contribution in [-0.2, 0) is 8.85 Å². The molecule has 0 N–H and O–H groups in total. The van der Waals surface area contributed by atoms with Crippen molar-refractivity contribution in [2.75, 3.05) is 13.2 Å². The Kier molecular flexibility index (Phi) is 13.1. The number of hydrogen-bond donors (Lipinski definition) is 0. The average Bonchev–Trinajstić information content (AvgIpc) is 2.52. The minimum atomic E-state index is -1.53. The molecule has 0 aromatic heterocycles. The zero-order chi connectivity index (χ0) is 21.9. The fourth-order valence-electron chi connectivity index (χ4n) is 2.71. The van der Waals surface area contributed by atoms with E-state index < -0.39 is 16.6 Å². The molecule has 0 heterocycles. The maximum absolute atomic E-state index is 6.26. The van der Waals surface area contributed by atoms with Crippen molar-refractivity contribution in [2.45, 2.75) is 142 Å². The smallest absolute Gasteiger partial charge is 0.191 e. The second-order valence-corrected chi connectivity index (χ2v) is 21.4. The molecule has 170 valence electrons. The lowest BCUT2D eigenvalue weighted by atomic mass is 10.1. The highest BCUT2D eigenvalue weighted by Crippen LogP contribution is 2.37. The SMILES string of the molecule is CC(C)(C)[Si](C)(C)OCCCCCCCCCCCCO[Si](C)(C)C(C)(C)C. The fourth-order valence-corrected chi connectivity index (χ4v) is 4.88. The molecule has 0 aromatic rings. The van der Waals surface area contributed by atoms with Gasteiger partial charge in [-0.05, 0) is 49.1 Å². The Morgan fingerprint density at radius 3 is 0.857 bits per heavy atom. The first-order valence-electron chi connectivity index (χ1n) is 12.0. The Morgan fingerprint density at radius 2 is 0.643 bits per heavy atom. The molecule has 0 amide bonds. The van der Waals surface area contributed by atoms with E-state index in [1.807, 2.05) is 0 Å². The number of unbranched alkanes of at least 4 members (excludes halogenated alkanes) is 9. The Labute approximate surface area is 180 Å². The highest BCUT2D eigenvalue weighted by molar-refractivity contribution is 6.74. The topological polar surface area (TPSA) is 18.5 Å². The van der Waals surface area contributed by atoms with E-state index in [2.05, 4.69) is 67.7 Å². The van der Waals surface area contributed by atoms with Gasteiger partial charge in [0.15, 0.2) is 16.6 Å². The molecule has 0 bridgehead atoms. The molecule has 28 heavy (non-hydrogen) atoms. The van der Waals surface area contributed by atoms with Gasteiger partial charge in [-0.3, -0.25) is 0 Å². The molecule has 0 fully saturated rings.